The summed E-state index contributed by atoms with van der Waals surface area (Å²) in [5, 5.41) is 20.8. The van der Waals surface area contributed by atoms with E-state index in [0.29, 0.717) is 12.2 Å². The lowest BCUT2D eigenvalue weighted by Gasteiger charge is -2.18. The van der Waals surface area contributed by atoms with Crippen molar-refractivity contribution in [2.45, 2.75) is 39.7 Å². The van der Waals surface area contributed by atoms with Gasteiger partial charge in [-0.2, -0.15) is 10.2 Å². The van der Waals surface area contributed by atoms with Gasteiger partial charge < -0.3 is 16.2 Å². The van der Waals surface area contributed by atoms with Crippen molar-refractivity contribution < 1.29 is 9.90 Å². The van der Waals surface area contributed by atoms with E-state index in [0.717, 1.165) is 17.6 Å². The fraction of sp³-hybridized carbons (Fsp3) is 0.333. The molecular formula is C21H28N6O2. The van der Waals surface area contributed by atoms with Gasteiger partial charge in [-0.25, -0.2) is 4.99 Å². The van der Waals surface area contributed by atoms with E-state index in [1.807, 2.05) is 51.1 Å². The number of amidine groups is 1. The Morgan fingerprint density at radius 3 is 2.48 bits per heavy atom. The van der Waals surface area contributed by atoms with Gasteiger partial charge >= 0.3 is 0 Å². The molecular weight excluding hydrogens is 368 g/mol. The molecule has 0 saturated carbocycles. The van der Waals surface area contributed by atoms with E-state index in [4.69, 9.17) is 5.73 Å². The minimum Gasteiger partial charge on any atom is -0.394 e. The van der Waals surface area contributed by atoms with Crippen LogP contribution >= 0.6 is 0 Å². The lowest BCUT2D eigenvalue weighted by Crippen LogP contribution is -2.36. The number of aromatic nitrogens is 3. The first-order chi connectivity index (χ1) is 14.0. The van der Waals surface area contributed by atoms with Crippen molar-refractivity contribution in [2.75, 3.05) is 6.61 Å². The van der Waals surface area contributed by atoms with Crippen LogP contribution in [0.15, 0.2) is 64.9 Å². The third-order valence-corrected chi connectivity index (χ3v) is 4.37. The molecule has 0 spiro atoms. The first-order valence-corrected chi connectivity index (χ1v) is 9.59. The maximum atomic E-state index is 12.9. The Hall–Kier alpha value is -3.26. The number of nitrogens with zero attached hydrogens (tertiary/aromatic N) is 4. The van der Waals surface area contributed by atoms with Crippen molar-refractivity contribution in [1.82, 2.24) is 20.3 Å². The minimum absolute atomic E-state index is 0.0641. The van der Waals surface area contributed by atoms with Crippen LogP contribution in [0, 0.1) is 0 Å². The smallest absolute Gasteiger partial charge is 0.255 e. The van der Waals surface area contributed by atoms with Gasteiger partial charge in [-0.3, -0.25) is 4.79 Å². The molecule has 0 fully saturated rings. The molecule has 0 radical (unpaired) electrons. The molecule has 0 aliphatic rings. The Kier molecular flexibility index (Phi) is 8.29. The van der Waals surface area contributed by atoms with Crippen molar-refractivity contribution in [3.63, 3.8) is 0 Å². The molecule has 4 N–H and O–H groups in total. The summed E-state index contributed by atoms with van der Waals surface area (Å²) < 4.78 is 0. The Labute approximate surface area is 170 Å². The summed E-state index contributed by atoms with van der Waals surface area (Å²) in [7, 11) is 0. The van der Waals surface area contributed by atoms with Gasteiger partial charge in [-0.05, 0) is 30.9 Å². The number of aliphatic hydroxyl groups is 1. The summed E-state index contributed by atoms with van der Waals surface area (Å²) in [5.41, 5.74) is 8.19. The van der Waals surface area contributed by atoms with E-state index in [-0.39, 0.29) is 18.0 Å². The number of carbonyl (C=O) groups is 1. The zero-order valence-corrected chi connectivity index (χ0v) is 17.0. The van der Waals surface area contributed by atoms with E-state index in [2.05, 4.69) is 20.5 Å². The lowest BCUT2D eigenvalue weighted by molar-refractivity contribution is -0.118. The number of nitrogens with one attached hydrogen (secondary N) is 1. The predicted octanol–water partition coefficient (Wildman–Crippen LogP) is 2.42. The van der Waals surface area contributed by atoms with Crippen molar-refractivity contribution in [3.8, 4) is 0 Å². The SMILES string of the molecule is CC/C=C(C(=O)N[C@H](CO)c1ccccc1)/C(N)=N\C(=C(/C)CC)n1nccn1. The Bertz CT molecular complexity index is 885. The molecule has 1 atom stereocenters. The number of rotatable bonds is 9. The average molecular weight is 396 g/mol. The van der Waals surface area contributed by atoms with Gasteiger partial charge in [0.05, 0.1) is 30.6 Å². The average Bonchev–Trinajstić information content (AvgIpc) is 3.28. The molecule has 8 nitrogen and oxygen atoms in total. The summed E-state index contributed by atoms with van der Waals surface area (Å²) in [5.74, 6) is 0.138. The number of hydrogen-bond acceptors (Lipinski definition) is 5. The molecule has 0 aliphatic heterocycles. The van der Waals surface area contributed by atoms with E-state index >= 15 is 0 Å². The highest BCUT2D eigenvalue weighted by Gasteiger charge is 2.20. The highest BCUT2D eigenvalue weighted by atomic mass is 16.3. The third-order valence-electron chi connectivity index (χ3n) is 4.37. The second-order valence-corrected chi connectivity index (χ2v) is 6.42. The van der Waals surface area contributed by atoms with Crippen molar-refractivity contribution >= 4 is 17.6 Å². The fourth-order valence-corrected chi connectivity index (χ4v) is 2.64. The predicted molar refractivity (Wildman–Crippen MR) is 114 cm³/mol. The highest BCUT2D eigenvalue weighted by Crippen LogP contribution is 2.16. The van der Waals surface area contributed by atoms with Gasteiger partial charge in [0.25, 0.3) is 5.91 Å². The zero-order chi connectivity index (χ0) is 21.2. The van der Waals surface area contributed by atoms with Crippen LogP contribution in [0.5, 0.6) is 0 Å². The van der Waals surface area contributed by atoms with Gasteiger partial charge in [-0.15, -0.1) is 4.80 Å². The number of aliphatic hydroxyl groups excluding tert-OH is 1. The van der Waals surface area contributed by atoms with Gasteiger partial charge in [0.2, 0.25) is 0 Å². The van der Waals surface area contributed by atoms with Crippen LogP contribution in [-0.4, -0.2) is 38.5 Å². The molecule has 0 saturated heterocycles. The Morgan fingerprint density at radius 2 is 1.93 bits per heavy atom. The second kappa shape index (κ2) is 10.9. The molecule has 2 rings (SSSR count). The van der Waals surface area contributed by atoms with Crippen LogP contribution in [0.1, 0.15) is 45.2 Å². The van der Waals surface area contributed by atoms with E-state index < -0.39 is 11.9 Å². The maximum Gasteiger partial charge on any atom is 0.255 e. The van der Waals surface area contributed by atoms with Crippen LogP contribution in [0.4, 0.5) is 0 Å². The van der Waals surface area contributed by atoms with Crippen LogP contribution < -0.4 is 11.1 Å². The van der Waals surface area contributed by atoms with E-state index in [1.165, 1.54) is 4.80 Å². The monoisotopic (exact) mass is 396 g/mol. The van der Waals surface area contributed by atoms with Gasteiger partial charge in [0.15, 0.2) is 5.82 Å². The topological polar surface area (TPSA) is 118 Å². The number of amides is 1. The number of carbonyl (C=O) groups excluding carboxylic acids is 1. The van der Waals surface area contributed by atoms with Crippen LogP contribution in [0.2, 0.25) is 0 Å². The number of aliphatic imine (C=N–C) groups is 1. The third kappa shape index (κ3) is 5.86. The molecule has 154 valence electrons. The maximum absolute atomic E-state index is 12.9. The number of allylic oxidation sites excluding steroid dienone is 2. The van der Waals surface area contributed by atoms with E-state index in [1.54, 1.807) is 18.5 Å². The highest BCUT2D eigenvalue weighted by molar-refractivity contribution is 6.20. The first kappa shape index (κ1) is 22.0. The van der Waals surface area contributed by atoms with Gasteiger partial charge in [0.1, 0.15) is 5.84 Å². The molecule has 2 aromatic rings. The van der Waals surface area contributed by atoms with Crippen LogP contribution in [0.3, 0.4) is 0 Å². The summed E-state index contributed by atoms with van der Waals surface area (Å²) in [6.07, 6.45) is 6.14. The standard InChI is InChI=1S/C21H28N6O2/c1-4-9-17(21(29)25-18(14-28)16-10-7-6-8-11-16)19(22)26-20(15(3)5-2)27-23-12-13-24-27/h6-13,18,28H,4-5,14H2,1-3H3,(H2,22,26)(H,25,29)/b17-9-,20-15-/t18-/m1/s1. The number of hydrogen-bond donors (Lipinski definition) is 3. The second-order valence-electron chi connectivity index (χ2n) is 6.42. The molecule has 1 aromatic heterocycles. The number of benzene rings is 1. The molecule has 0 aliphatic carbocycles. The van der Waals surface area contributed by atoms with Crippen molar-refractivity contribution in [1.29, 1.82) is 0 Å². The summed E-state index contributed by atoms with van der Waals surface area (Å²) in [6.45, 7) is 5.58. The Morgan fingerprint density at radius 1 is 1.28 bits per heavy atom. The Balaban J connectivity index is 2.33. The quantitative estimate of drug-likeness (QED) is 0.342. The molecule has 0 bridgehead atoms. The first-order valence-electron chi connectivity index (χ1n) is 9.59. The van der Waals surface area contributed by atoms with Crippen LogP contribution in [0.25, 0.3) is 5.82 Å². The van der Waals surface area contributed by atoms with Crippen molar-refractivity contribution in [3.05, 3.63) is 65.5 Å². The molecule has 8 heteroatoms. The largest absolute Gasteiger partial charge is 0.394 e. The van der Waals surface area contributed by atoms with Crippen molar-refractivity contribution in [2.24, 2.45) is 10.7 Å². The molecule has 1 heterocycles. The normalized spacial score (nSPS) is 14.3. The molecule has 29 heavy (non-hydrogen) atoms. The van der Waals surface area contributed by atoms with E-state index in [9.17, 15) is 9.90 Å². The molecule has 1 aromatic carbocycles. The van der Waals surface area contributed by atoms with Gasteiger partial charge in [-0.1, -0.05) is 50.3 Å². The fourth-order valence-electron chi connectivity index (χ4n) is 2.64. The lowest BCUT2D eigenvalue weighted by atomic mass is 10.1. The van der Waals surface area contributed by atoms with Gasteiger partial charge in [0, 0.05) is 0 Å². The van der Waals surface area contributed by atoms with Crippen LogP contribution in [-0.2, 0) is 4.79 Å². The number of nitrogens with two attached hydrogens (primary N) is 1. The molecule has 1 amide bonds. The summed E-state index contributed by atoms with van der Waals surface area (Å²) in [6, 6.07) is 8.72. The molecule has 0 unspecified atom stereocenters. The summed E-state index contributed by atoms with van der Waals surface area (Å²) >= 11 is 0. The zero-order valence-electron chi connectivity index (χ0n) is 17.0. The summed E-state index contributed by atoms with van der Waals surface area (Å²) in [4.78, 5) is 18.8. The minimum atomic E-state index is -0.545.